The van der Waals surface area contributed by atoms with Crippen LogP contribution >= 0.6 is 0 Å². The van der Waals surface area contributed by atoms with Crippen molar-refractivity contribution in [2.45, 2.75) is 45.2 Å². The summed E-state index contributed by atoms with van der Waals surface area (Å²) in [6.07, 6.45) is 4.85. The Morgan fingerprint density at radius 1 is 1.33 bits per heavy atom. The third-order valence-corrected chi connectivity index (χ3v) is 3.60. The molecule has 0 spiro atoms. The molecule has 0 aliphatic carbocycles. The first-order valence-electron chi connectivity index (χ1n) is 6.00. The molecule has 2 aliphatic rings. The molecule has 0 aromatic carbocycles. The van der Waals surface area contributed by atoms with Crippen LogP contribution in [0.2, 0.25) is 0 Å². The van der Waals surface area contributed by atoms with Crippen LogP contribution in [0.4, 0.5) is 0 Å². The molecule has 1 N–H and O–H groups in total. The quantitative estimate of drug-likeness (QED) is 0.752. The molecule has 1 aromatic rings. The van der Waals surface area contributed by atoms with Crippen molar-refractivity contribution >= 4 is 0 Å². The van der Waals surface area contributed by atoms with Gasteiger partial charge in [0.25, 0.3) is 0 Å². The van der Waals surface area contributed by atoms with Crippen molar-refractivity contribution in [3.63, 3.8) is 0 Å². The van der Waals surface area contributed by atoms with Crippen molar-refractivity contribution < 1.29 is 0 Å². The molecular weight excluding hydrogens is 188 g/mol. The summed E-state index contributed by atoms with van der Waals surface area (Å²) in [7, 11) is 0. The van der Waals surface area contributed by atoms with E-state index in [1.165, 1.54) is 30.9 Å². The van der Waals surface area contributed by atoms with Gasteiger partial charge in [0.05, 0.1) is 6.04 Å². The Hall–Kier alpha value is -0.900. The molecule has 15 heavy (non-hydrogen) atoms. The minimum Gasteiger partial charge on any atom is -0.314 e. The molecule has 0 bridgehead atoms. The van der Waals surface area contributed by atoms with Gasteiger partial charge in [0, 0.05) is 13.0 Å². The molecule has 82 valence electrons. The highest BCUT2D eigenvalue weighted by Crippen LogP contribution is 2.26. The summed E-state index contributed by atoms with van der Waals surface area (Å²) in [6, 6.07) is 0.458. The summed E-state index contributed by atoms with van der Waals surface area (Å²) in [6.45, 7) is 4.53. The SMILES string of the molecule is CC1CCn2c(nnc2C2CCCN2)C1. The Morgan fingerprint density at radius 3 is 3.07 bits per heavy atom. The average Bonchev–Trinajstić information content (AvgIpc) is 2.82. The van der Waals surface area contributed by atoms with Crippen LogP contribution in [0.5, 0.6) is 0 Å². The van der Waals surface area contributed by atoms with Crippen LogP contribution in [0, 0.1) is 5.92 Å². The fraction of sp³-hybridized carbons (Fsp3) is 0.818. The van der Waals surface area contributed by atoms with E-state index in [-0.39, 0.29) is 0 Å². The van der Waals surface area contributed by atoms with Crippen LogP contribution in [0.1, 0.15) is 43.9 Å². The normalized spacial score (nSPS) is 30.5. The zero-order valence-electron chi connectivity index (χ0n) is 9.24. The maximum Gasteiger partial charge on any atom is 0.150 e. The van der Waals surface area contributed by atoms with Crippen molar-refractivity contribution in [2.75, 3.05) is 6.54 Å². The number of hydrogen-bond acceptors (Lipinski definition) is 3. The van der Waals surface area contributed by atoms with E-state index in [2.05, 4.69) is 27.0 Å². The predicted octanol–water partition coefficient (Wildman–Crippen LogP) is 1.28. The van der Waals surface area contributed by atoms with Gasteiger partial charge < -0.3 is 9.88 Å². The Bertz CT molecular complexity index is 351. The van der Waals surface area contributed by atoms with Gasteiger partial charge in [-0.25, -0.2) is 0 Å². The van der Waals surface area contributed by atoms with Crippen LogP contribution in [0.15, 0.2) is 0 Å². The molecule has 3 rings (SSSR count). The van der Waals surface area contributed by atoms with Gasteiger partial charge in [0.15, 0.2) is 0 Å². The molecular formula is C11H18N4. The molecule has 4 nitrogen and oxygen atoms in total. The van der Waals surface area contributed by atoms with Gasteiger partial charge in [-0.05, 0) is 31.7 Å². The smallest absolute Gasteiger partial charge is 0.150 e. The van der Waals surface area contributed by atoms with E-state index in [0.717, 1.165) is 25.4 Å². The molecule has 3 heterocycles. The predicted molar refractivity (Wildman–Crippen MR) is 57.5 cm³/mol. The summed E-state index contributed by atoms with van der Waals surface area (Å²) in [5.41, 5.74) is 0. The molecule has 0 amide bonds. The lowest BCUT2D eigenvalue weighted by molar-refractivity contribution is 0.393. The second kappa shape index (κ2) is 3.59. The Labute approximate surface area is 90.1 Å². The fourth-order valence-electron chi connectivity index (χ4n) is 2.67. The minimum atomic E-state index is 0.458. The molecule has 1 aromatic heterocycles. The molecule has 4 heteroatoms. The maximum absolute atomic E-state index is 4.36. The number of nitrogens with zero attached hydrogens (tertiary/aromatic N) is 3. The van der Waals surface area contributed by atoms with Crippen LogP contribution in [-0.2, 0) is 13.0 Å². The summed E-state index contributed by atoms with van der Waals surface area (Å²) >= 11 is 0. The lowest BCUT2D eigenvalue weighted by Gasteiger charge is -2.21. The summed E-state index contributed by atoms with van der Waals surface area (Å²) in [5.74, 6) is 3.14. The van der Waals surface area contributed by atoms with Gasteiger partial charge in [0.1, 0.15) is 11.6 Å². The molecule has 2 atom stereocenters. The van der Waals surface area contributed by atoms with E-state index in [9.17, 15) is 0 Å². The molecule has 0 radical (unpaired) electrons. The van der Waals surface area contributed by atoms with Gasteiger partial charge in [-0.15, -0.1) is 10.2 Å². The Balaban J connectivity index is 1.90. The number of nitrogens with one attached hydrogen (secondary N) is 1. The van der Waals surface area contributed by atoms with E-state index in [1.807, 2.05) is 0 Å². The molecule has 1 saturated heterocycles. The monoisotopic (exact) mass is 206 g/mol. The van der Waals surface area contributed by atoms with E-state index in [4.69, 9.17) is 0 Å². The second-order valence-corrected chi connectivity index (χ2v) is 4.87. The van der Waals surface area contributed by atoms with E-state index < -0.39 is 0 Å². The Kier molecular flexibility index (Phi) is 2.24. The first-order valence-corrected chi connectivity index (χ1v) is 6.00. The lowest BCUT2D eigenvalue weighted by Crippen LogP contribution is -2.23. The highest BCUT2D eigenvalue weighted by Gasteiger charge is 2.26. The van der Waals surface area contributed by atoms with E-state index >= 15 is 0 Å². The maximum atomic E-state index is 4.36. The van der Waals surface area contributed by atoms with Crippen molar-refractivity contribution in [1.29, 1.82) is 0 Å². The third-order valence-electron chi connectivity index (χ3n) is 3.60. The van der Waals surface area contributed by atoms with Crippen LogP contribution < -0.4 is 5.32 Å². The van der Waals surface area contributed by atoms with Crippen LogP contribution in [-0.4, -0.2) is 21.3 Å². The van der Waals surface area contributed by atoms with Gasteiger partial charge in [-0.2, -0.15) is 0 Å². The molecule has 0 saturated carbocycles. The summed E-state index contributed by atoms with van der Waals surface area (Å²) < 4.78 is 2.34. The first-order chi connectivity index (χ1) is 7.34. The van der Waals surface area contributed by atoms with Crippen LogP contribution in [0.25, 0.3) is 0 Å². The number of rotatable bonds is 1. The van der Waals surface area contributed by atoms with Gasteiger partial charge in [0.2, 0.25) is 0 Å². The van der Waals surface area contributed by atoms with E-state index in [0.29, 0.717) is 6.04 Å². The van der Waals surface area contributed by atoms with Crippen molar-refractivity contribution in [3.05, 3.63) is 11.6 Å². The molecule has 2 unspecified atom stereocenters. The fourth-order valence-corrected chi connectivity index (χ4v) is 2.67. The first kappa shape index (κ1) is 9.33. The van der Waals surface area contributed by atoms with Gasteiger partial charge >= 0.3 is 0 Å². The molecule has 2 aliphatic heterocycles. The largest absolute Gasteiger partial charge is 0.314 e. The summed E-state index contributed by atoms with van der Waals surface area (Å²) in [4.78, 5) is 0. The number of hydrogen-bond donors (Lipinski definition) is 1. The van der Waals surface area contributed by atoms with Crippen LogP contribution in [0.3, 0.4) is 0 Å². The zero-order chi connectivity index (χ0) is 10.3. The highest BCUT2D eigenvalue weighted by atomic mass is 15.3. The van der Waals surface area contributed by atoms with Gasteiger partial charge in [-0.3, -0.25) is 0 Å². The summed E-state index contributed by atoms with van der Waals surface area (Å²) in [5, 5.41) is 12.2. The van der Waals surface area contributed by atoms with E-state index in [1.54, 1.807) is 0 Å². The Morgan fingerprint density at radius 2 is 2.27 bits per heavy atom. The van der Waals surface area contributed by atoms with Crippen molar-refractivity contribution in [2.24, 2.45) is 5.92 Å². The topological polar surface area (TPSA) is 42.7 Å². The number of fused-ring (bicyclic) bond motifs is 1. The zero-order valence-corrected chi connectivity index (χ0v) is 9.24. The standard InChI is InChI=1S/C11H18N4/c1-8-4-6-15-10(7-8)13-14-11(15)9-3-2-5-12-9/h8-9,12H,2-7H2,1H3. The third kappa shape index (κ3) is 1.57. The highest BCUT2D eigenvalue weighted by molar-refractivity contribution is 5.05. The number of aromatic nitrogens is 3. The van der Waals surface area contributed by atoms with Crippen molar-refractivity contribution in [3.8, 4) is 0 Å². The van der Waals surface area contributed by atoms with Gasteiger partial charge in [-0.1, -0.05) is 6.92 Å². The van der Waals surface area contributed by atoms with Crippen molar-refractivity contribution in [1.82, 2.24) is 20.1 Å². The molecule has 1 fully saturated rings. The average molecular weight is 206 g/mol. The second-order valence-electron chi connectivity index (χ2n) is 4.87. The lowest BCUT2D eigenvalue weighted by atomic mass is 10.00. The minimum absolute atomic E-state index is 0.458.